The number of aryl methyl sites for hydroxylation is 2. The molecule has 0 fully saturated rings. The van der Waals surface area contributed by atoms with Gasteiger partial charge in [0.25, 0.3) is 0 Å². The van der Waals surface area contributed by atoms with E-state index in [1.54, 1.807) is 28.4 Å². The maximum Gasteiger partial charge on any atom is 0.102 e. The van der Waals surface area contributed by atoms with Crippen LogP contribution in [0.25, 0.3) is 0 Å². The Balaban J connectivity index is 1.96. The molecule has 4 heteroatoms. The maximum atomic E-state index is 8.60. The first-order chi connectivity index (χ1) is 6.88. The Morgan fingerprint density at radius 2 is 2.50 bits per heavy atom. The molecular formula is C10H9N3S. The SMILES string of the molecule is N#Cc1cnn(CCc2ccsc2)c1. The van der Waals surface area contributed by atoms with Gasteiger partial charge in [-0.25, -0.2) is 0 Å². The van der Waals surface area contributed by atoms with Crippen molar-refractivity contribution in [1.82, 2.24) is 9.78 Å². The second kappa shape index (κ2) is 4.07. The predicted octanol–water partition coefficient (Wildman–Crippen LogP) is 2.06. The van der Waals surface area contributed by atoms with Crippen LogP contribution in [0.15, 0.2) is 29.2 Å². The minimum absolute atomic E-state index is 0.621. The molecule has 0 aliphatic heterocycles. The Bertz CT molecular complexity index is 436. The van der Waals surface area contributed by atoms with Gasteiger partial charge >= 0.3 is 0 Å². The number of aromatic nitrogens is 2. The standard InChI is InChI=1S/C10H9N3S/c11-5-10-6-12-13(7-10)3-1-9-2-4-14-8-9/h2,4,6-8H,1,3H2. The first-order valence-electron chi connectivity index (χ1n) is 4.32. The molecule has 0 radical (unpaired) electrons. The first kappa shape index (κ1) is 8.97. The van der Waals surface area contributed by atoms with Gasteiger partial charge in [0.05, 0.1) is 11.8 Å². The third kappa shape index (κ3) is 2.01. The van der Waals surface area contributed by atoms with Crippen LogP contribution in [0.2, 0.25) is 0 Å². The van der Waals surface area contributed by atoms with Gasteiger partial charge < -0.3 is 0 Å². The quantitative estimate of drug-likeness (QED) is 0.766. The average molecular weight is 203 g/mol. The summed E-state index contributed by atoms with van der Waals surface area (Å²) in [6.07, 6.45) is 4.33. The summed E-state index contributed by atoms with van der Waals surface area (Å²) in [5.41, 5.74) is 1.94. The van der Waals surface area contributed by atoms with Crippen LogP contribution in [0.3, 0.4) is 0 Å². The lowest BCUT2D eigenvalue weighted by Crippen LogP contribution is -2.00. The molecule has 0 aliphatic rings. The number of hydrogen-bond donors (Lipinski definition) is 0. The molecule has 0 spiro atoms. The zero-order valence-corrected chi connectivity index (χ0v) is 8.37. The van der Waals surface area contributed by atoms with Gasteiger partial charge in [-0.05, 0) is 28.8 Å². The molecule has 0 amide bonds. The molecule has 2 aromatic rings. The zero-order chi connectivity index (χ0) is 9.80. The molecule has 2 rings (SSSR count). The number of nitriles is 1. The molecule has 14 heavy (non-hydrogen) atoms. The molecule has 2 aromatic heterocycles. The number of hydrogen-bond acceptors (Lipinski definition) is 3. The molecule has 3 nitrogen and oxygen atoms in total. The van der Waals surface area contributed by atoms with Crippen molar-refractivity contribution in [3.05, 3.63) is 40.3 Å². The maximum absolute atomic E-state index is 8.60. The molecule has 0 saturated carbocycles. The molecule has 2 heterocycles. The van der Waals surface area contributed by atoms with Crippen LogP contribution >= 0.6 is 11.3 Å². The molecule has 0 bridgehead atoms. The van der Waals surface area contributed by atoms with E-state index in [0.29, 0.717) is 5.56 Å². The Labute approximate surface area is 86.2 Å². The van der Waals surface area contributed by atoms with Crippen molar-refractivity contribution >= 4 is 11.3 Å². The van der Waals surface area contributed by atoms with E-state index in [-0.39, 0.29) is 0 Å². The Hall–Kier alpha value is -1.60. The van der Waals surface area contributed by atoms with Crippen LogP contribution in [-0.2, 0) is 13.0 Å². The van der Waals surface area contributed by atoms with Crippen molar-refractivity contribution < 1.29 is 0 Å². The monoisotopic (exact) mass is 203 g/mol. The van der Waals surface area contributed by atoms with Gasteiger partial charge in [-0.3, -0.25) is 4.68 Å². The summed E-state index contributed by atoms with van der Waals surface area (Å²) in [5.74, 6) is 0. The van der Waals surface area contributed by atoms with Crippen LogP contribution in [0, 0.1) is 11.3 Å². The Morgan fingerprint density at radius 1 is 1.57 bits per heavy atom. The van der Waals surface area contributed by atoms with Crippen molar-refractivity contribution in [3.63, 3.8) is 0 Å². The number of thiophene rings is 1. The van der Waals surface area contributed by atoms with Crippen LogP contribution < -0.4 is 0 Å². The summed E-state index contributed by atoms with van der Waals surface area (Å²) in [6.45, 7) is 0.832. The van der Waals surface area contributed by atoms with Gasteiger partial charge in [-0.2, -0.15) is 21.7 Å². The fourth-order valence-electron chi connectivity index (χ4n) is 1.22. The summed E-state index contributed by atoms with van der Waals surface area (Å²) >= 11 is 1.70. The highest BCUT2D eigenvalue weighted by Gasteiger charge is 1.98. The van der Waals surface area contributed by atoms with E-state index in [4.69, 9.17) is 5.26 Å². The van der Waals surface area contributed by atoms with Gasteiger partial charge in [0.15, 0.2) is 0 Å². The van der Waals surface area contributed by atoms with Gasteiger partial charge in [0.1, 0.15) is 6.07 Å². The van der Waals surface area contributed by atoms with Crippen LogP contribution in [-0.4, -0.2) is 9.78 Å². The van der Waals surface area contributed by atoms with Crippen LogP contribution in [0.4, 0.5) is 0 Å². The highest BCUT2D eigenvalue weighted by molar-refractivity contribution is 7.07. The lowest BCUT2D eigenvalue weighted by atomic mass is 10.2. The average Bonchev–Trinajstić information content (AvgIpc) is 2.86. The molecule has 0 aliphatic carbocycles. The second-order valence-electron chi connectivity index (χ2n) is 2.99. The number of rotatable bonds is 3. The van der Waals surface area contributed by atoms with Crippen molar-refractivity contribution in [3.8, 4) is 6.07 Å². The summed E-state index contributed by atoms with van der Waals surface area (Å²) < 4.78 is 1.80. The second-order valence-corrected chi connectivity index (χ2v) is 3.77. The van der Waals surface area contributed by atoms with E-state index in [1.165, 1.54) is 5.56 Å². The van der Waals surface area contributed by atoms with E-state index in [1.807, 2.05) is 0 Å². The molecule has 0 atom stereocenters. The van der Waals surface area contributed by atoms with E-state index >= 15 is 0 Å². The molecule has 0 N–H and O–H groups in total. The van der Waals surface area contributed by atoms with Gasteiger partial charge in [0.2, 0.25) is 0 Å². The van der Waals surface area contributed by atoms with Crippen LogP contribution in [0.1, 0.15) is 11.1 Å². The molecule has 0 aromatic carbocycles. The van der Waals surface area contributed by atoms with Crippen molar-refractivity contribution in [2.75, 3.05) is 0 Å². The summed E-state index contributed by atoms with van der Waals surface area (Å²) in [4.78, 5) is 0. The molecule has 0 saturated heterocycles. The zero-order valence-electron chi connectivity index (χ0n) is 7.55. The topological polar surface area (TPSA) is 41.6 Å². The lowest BCUT2D eigenvalue weighted by Gasteiger charge is -1.98. The fraction of sp³-hybridized carbons (Fsp3) is 0.200. The van der Waals surface area contributed by atoms with Crippen molar-refractivity contribution in [2.45, 2.75) is 13.0 Å². The predicted molar refractivity (Wildman–Crippen MR) is 55.0 cm³/mol. The van der Waals surface area contributed by atoms with E-state index in [0.717, 1.165) is 13.0 Å². The largest absolute Gasteiger partial charge is 0.271 e. The molecular weight excluding hydrogens is 194 g/mol. The Kier molecular flexibility index (Phi) is 2.61. The molecule has 70 valence electrons. The highest BCUT2D eigenvalue weighted by atomic mass is 32.1. The summed E-state index contributed by atoms with van der Waals surface area (Å²) in [7, 11) is 0. The van der Waals surface area contributed by atoms with E-state index < -0.39 is 0 Å². The van der Waals surface area contributed by atoms with Crippen molar-refractivity contribution in [1.29, 1.82) is 5.26 Å². The van der Waals surface area contributed by atoms with Gasteiger partial charge in [-0.1, -0.05) is 0 Å². The minimum Gasteiger partial charge on any atom is -0.271 e. The third-order valence-electron chi connectivity index (χ3n) is 1.97. The highest BCUT2D eigenvalue weighted by Crippen LogP contribution is 2.07. The summed E-state index contributed by atoms with van der Waals surface area (Å²) in [6, 6.07) is 4.17. The third-order valence-corrected chi connectivity index (χ3v) is 2.70. The number of nitrogens with zero attached hydrogens (tertiary/aromatic N) is 3. The Morgan fingerprint density at radius 3 is 3.14 bits per heavy atom. The smallest absolute Gasteiger partial charge is 0.102 e. The van der Waals surface area contributed by atoms with Crippen molar-refractivity contribution in [2.24, 2.45) is 0 Å². The molecule has 0 unspecified atom stereocenters. The fourth-order valence-corrected chi connectivity index (χ4v) is 1.93. The van der Waals surface area contributed by atoms with Crippen LogP contribution in [0.5, 0.6) is 0 Å². The first-order valence-corrected chi connectivity index (χ1v) is 5.26. The minimum atomic E-state index is 0.621. The van der Waals surface area contributed by atoms with E-state index in [9.17, 15) is 0 Å². The van der Waals surface area contributed by atoms with E-state index in [2.05, 4.69) is 28.0 Å². The summed E-state index contributed by atoms with van der Waals surface area (Å²) in [5, 5.41) is 16.9. The van der Waals surface area contributed by atoms with Gasteiger partial charge in [0, 0.05) is 12.7 Å². The van der Waals surface area contributed by atoms with Gasteiger partial charge in [-0.15, -0.1) is 0 Å². The lowest BCUT2D eigenvalue weighted by molar-refractivity contribution is 0.615. The normalized spacial score (nSPS) is 9.93.